The average Bonchev–Trinajstić information content (AvgIpc) is 2.57. The zero-order valence-electron chi connectivity index (χ0n) is 7.71. The van der Waals surface area contributed by atoms with E-state index in [0.717, 1.165) is 6.42 Å². The SMILES string of the molecule is OC1CCCC[C@@H]1N1CCCC1. The molecule has 2 atom stereocenters. The van der Waals surface area contributed by atoms with Gasteiger partial charge in [0.2, 0.25) is 0 Å². The van der Waals surface area contributed by atoms with E-state index in [2.05, 4.69) is 4.90 Å². The summed E-state index contributed by atoms with van der Waals surface area (Å²) in [6, 6.07) is 0.501. The fourth-order valence-corrected chi connectivity index (χ4v) is 2.59. The van der Waals surface area contributed by atoms with E-state index in [-0.39, 0.29) is 6.10 Å². The van der Waals surface area contributed by atoms with E-state index in [0.29, 0.717) is 6.04 Å². The van der Waals surface area contributed by atoms with E-state index >= 15 is 0 Å². The first kappa shape index (κ1) is 8.52. The highest BCUT2D eigenvalue weighted by Gasteiger charge is 2.29. The Bertz CT molecular complexity index is 143. The Kier molecular flexibility index (Phi) is 2.66. The van der Waals surface area contributed by atoms with Gasteiger partial charge in [0.15, 0.2) is 0 Å². The first-order valence-corrected chi connectivity index (χ1v) is 5.30. The van der Waals surface area contributed by atoms with Crippen molar-refractivity contribution in [1.82, 2.24) is 4.90 Å². The zero-order valence-corrected chi connectivity index (χ0v) is 7.71. The zero-order chi connectivity index (χ0) is 8.39. The van der Waals surface area contributed by atoms with Crippen molar-refractivity contribution in [2.45, 2.75) is 50.7 Å². The van der Waals surface area contributed by atoms with E-state index < -0.39 is 0 Å². The second-order valence-electron chi connectivity index (χ2n) is 4.16. The molecule has 0 aromatic heterocycles. The van der Waals surface area contributed by atoms with Crippen molar-refractivity contribution < 1.29 is 5.11 Å². The number of hydrogen-bond donors (Lipinski definition) is 1. The van der Waals surface area contributed by atoms with Crippen LogP contribution in [0.4, 0.5) is 0 Å². The van der Waals surface area contributed by atoms with Gasteiger partial charge >= 0.3 is 0 Å². The lowest BCUT2D eigenvalue weighted by Crippen LogP contribution is -2.43. The summed E-state index contributed by atoms with van der Waals surface area (Å²) >= 11 is 0. The molecule has 0 aromatic rings. The Hall–Kier alpha value is -0.0800. The predicted molar refractivity (Wildman–Crippen MR) is 49.1 cm³/mol. The highest BCUT2D eigenvalue weighted by atomic mass is 16.3. The molecule has 1 unspecified atom stereocenters. The molecule has 2 aliphatic rings. The van der Waals surface area contributed by atoms with Crippen LogP contribution in [0.5, 0.6) is 0 Å². The normalized spacial score (nSPS) is 38.8. The minimum atomic E-state index is -0.0307. The second-order valence-corrected chi connectivity index (χ2v) is 4.16. The van der Waals surface area contributed by atoms with Crippen LogP contribution in [-0.2, 0) is 0 Å². The van der Waals surface area contributed by atoms with Crippen LogP contribution in [0.3, 0.4) is 0 Å². The summed E-state index contributed by atoms with van der Waals surface area (Å²) in [5.41, 5.74) is 0. The molecule has 2 rings (SSSR count). The van der Waals surface area contributed by atoms with Gasteiger partial charge in [0.05, 0.1) is 6.10 Å². The molecule has 12 heavy (non-hydrogen) atoms. The van der Waals surface area contributed by atoms with E-state index in [1.165, 1.54) is 45.2 Å². The van der Waals surface area contributed by atoms with Crippen molar-refractivity contribution in [3.63, 3.8) is 0 Å². The van der Waals surface area contributed by atoms with Gasteiger partial charge in [0, 0.05) is 6.04 Å². The minimum absolute atomic E-state index is 0.0307. The Morgan fingerprint density at radius 3 is 2.25 bits per heavy atom. The van der Waals surface area contributed by atoms with Crippen LogP contribution in [0.2, 0.25) is 0 Å². The van der Waals surface area contributed by atoms with E-state index in [9.17, 15) is 5.11 Å². The van der Waals surface area contributed by atoms with Crippen molar-refractivity contribution in [2.24, 2.45) is 0 Å². The van der Waals surface area contributed by atoms with E-state index in [1.54, 1.807) is 0 Å². The van der Waals surface area contributed by atoms with Crippen LogP contribution in [0.25, 0.3) is 0 Å². The van der Waals surface area contributed by atoms with Gasteiger partial charge in [-0.1, -0.05) is 12.8 Å². The molecule has 70 valence electrons. The third kappa shape index (κ3) is 1.64. The standard InChI is InChI=1S/C10H19NO/c12-10-6-2-1-5-9(10)11-7-3-4-8-11/h9-10,12H,1-8H2/t9-,10?/m0/s1. The molecule has 1 heterocycles. The van der Waals surface area contributed by atoms with Crippen LogP contribution < -0.4 is 0 Å². The van der Waals surface area contributed by atoms with Crippen molar-refractivity contribution in [3.05, 3.63) is 0 Å². The molecule has 1 aliphatic carbocycles. The molecule has 0 amide bonds. The van der Waals surface area contributed by atoms with Crippen molar-refractivity contribution in [3.8, 4) is 0 Å². The summed E-state index contributed by atoms with van der Waals surface area (Å²) in [5, 5.41) is 9.79. The van der Waals surface area contributed by atoms with Gasteiger partial charge in [-0.2, -0.15) is 0 Å². The Morgan fingerprint density at radius 2 is 1.58 bits per heavy atom. The quantitative estimate of drug-likeness (QED) is 0.641. The third-order valence-electron chi connectivity index (χ3n) is 3.30. The number of rotatable bonds is 1. The molecule has 2 fully saturated rings. The van der Waals surface area contributed by atoms with Gasteiger partial charge in [0.1, 0.15) is 0 Å². The summed E-state index contributed by atoms with van der Waals surface area (Å²) in [5.74, 6) is 0. The minimum Gasteiger partial charge on any atom is -0.391 e. The maximum Gasteiger partial charge on any atom is 0.0695 e. The fourth-order valence-electron chi connectivity index (χ4n) is 2.59. The van der Waals surface area contributed by atoms with E-state index in [4.69, 9.17) is 0 Å². The van der Waals surface area contributed by atoms with E-state index in [1.807, 2.05) is 0 Å². The fraction of sp³-hybridized carbons (Fsp3) is 1.00. The highest BCUT2D eigenvalue weighted by Crippen LogP contribution is 2.25. The third-order valence-corrected chi connectivity index (χ3v) is 3.30. The lowest BCUT2D eigenvalue weighted by molar-refractivity contribution is 0.0312. The van der Waals surface area contributed by atoms with Gasteiger partial charge < -0.3 is 5.11 Å². The Morgan fingerprint density at radius 1 is 0.917 bits per heavy atom. The molecule has 1 saturated carbocycles. The molecule has 1 saturated heterocycles. The molecule has 0 spiro atoms. The van der Waals surface area contributed by atoms with Crippen LogP contribution in [0.15, 0.2) is 0 Å². The van der Waals surface area contributed by atoms with Gasteiger partial charge in [-0.3, -0.25) is 4.90 Å². The van der Waals surface area contributed by atoms with Crippen molar-refractivity contribution in [2.75, 3.05) is 13.1 Å². The summed E-state index contributed by atoms with van der Waals surface area (Å²) in [7, 11) is 0. The molecule has 1 aliphatic heterocycles. The van der Waals surface area contributed by atoms with Crippen molar-refractivity contribution >= 4 is 0 Å². The summed E-state index contributed by atoms with van der Waals surface area (Å²) < 4.78 is 0. The molecule has 2 heteroatoms. The largest absolute Gasteiger partial charge is 0.391 e. The van der Waals surface area contributed by atoms with Gasteiger partial charge in [-0.05, 0) is 38.8 Å². The van der Waals surface area contributed by atoms with Gasteiger partial charge in [-0.15, -0.1) is 0 Å². The monoisotopic (exact) mass is 169 g/mol. The maximum atomic E-state index is 9.79. The van der Waals surface area contributed by atoms with Gasteiger partial charge in [-0.25, -0.2) is 0 Å². The summed E-state index contributed by atoms with van der Waals surface area (Å²) in [6.45, 7) is 2.45. The first-order chi connectivity index (χ1) is 5.88. The first-order valence-electron chi connectivity index (χ1n) is 5.30. The predicted octanol–water partition coefficient (Wildman–Crippen LogP) is 1.39. The van der Waals surface area contributed by atoms with Gasteiger partial charge in [0.25, 0.3) is 0 Å². The van der Waals surface area contributed by atoms with Crippen molar-refractivity contribution in [1.29, 1.82) is 0 Å². The Balaban J connectivity index is 1.91. The molecule has 1 N–H and O–H groups in total. The van der Waals surface area contributed by atoms with Crippen LogP contribution in [0, 0.1) is 0 Å². The molecular weight excluding hydrogens is 150 g/mol. The summed E-state index contributed by atoms with van der Waals surface area (Å²) in [6.07, 6.45) is 7.44. The molecule has 2 nitrogen and oxygen atoms in total. The number of likely N-dealkylation sites (tertiary alicyclic amines) is 1. The lowest BCUT2D eigenvalue weighted by Gasteiger charge is -2.34. The maximum absolute atomic E-state index is 9.79. The smallest absolute Gasteiger partial charge is 0.0695 e. The molecule has 0 bridgehead atoms. The molecule has 0 radical (unpaired) electrons. The number of aliphatic hydroxyl groups is 1. The average molecular weight is 169 g/mol. The number of aliphatic hydroxyl groups excluding tert-OH is 1. The summed E-state index contributed by atoms with van der Waals surface area (Å²) in [4.78, 5) is 2.49. The second kappa shape index (κ2) is 3.75. The highest BCUT2D eigenvalue weighted by molar-refractivity contribution is 4.85. The van der Waals surface area contributed by atoms with Crippen LogP contribution in [-0.4, -0.2) is 35.2 Å². The topological polar surface area (TPSA) is 23.5 Å². The molecule has 0 aromatic carbocycles. The lowest BCUT2D eigenvalue weighted by atomic mass is 9.91. The number of hydrogen-bond acceptors (Lipinski definition) is 2. The Labute approximate surface area is 74.6 Å². The van der Waals surface area contributed by atoms with Crippen LogP contribution in [0.1, 0.15) is 38.5 Å². The molecular formula is C10H19NO. The number of nitrogens with zero attached hydrogens (tertiary/aromatic N) is 1. The van der Waals surface area contributed by atoms with Crippen LogP contribution >= 0.6 is 0 Å².